The van der Waals surface area contributed by atoms with E-state index >= 15 is 0 Å². The molecule has 1 aliphatic heterocycles. The third-order valence-electron chi connectivity index (χ3n) is 8.66. The summed E-state index contributed by atoms with van der Waals surface area (Å²) >= 11 is 0. The van der Waals surface area contributed by atoms with E-state index in [2.05, 4.69) is 65.4 Å². The van der Waals surface area contributed by atoms with Crippen molar-refractivity contribution in [2.45, 2.75) is 60.8 Å². The van der Waals surface area contributed by atoms with Crippen LogP contribution < -0.4 is 9.64 Å². The van der Waals surface area contributed by atoms with Crippen LogP contribution in [0, 0.1) is 10.8 Å². The number of allylic oxidation sites excluding steroid dienone is 1. The number of ether oxygens (including phenoxy) is 2. The minimum absolute atomic E-state index is 0.191. The Morgan fingerprint density at radius 2 is 1.31 bits per heavy atom. The van der Waals surface area contributed by atoms with Gasteiger partial charge in [0.1, 0.15) is 5.75 Å². The van der Waals surface area contributed by atoms with Crippen LogP contribution >= 0.6 is 0 Å². The fourth-order valence-corrected chi connectivity index (χ4v) is 5.18. The number of anilines is 1. The van der Waals surface area contributed by atoms with Crippen LogP contribution in [0.3, 0.4) is 0 Å². The highest BCUT2D eigenvalue weighted by atomic mass is 16.5. The second kappa shape index (κ2) is 14.9. The Hall–Kier alpha value is -3.90. The molecule has 1 saturated heterocycles. The molecule has 6 heteroatoms. The molecule has 0 atom stereocenters. The Labute approximate surface area is 270 Å². The highest BCUT2D eigenvalue weighted by molar-refractivity contribution is 5.99. The van der Waals surface area contributed by atoms with Crippen molar-refractivity contribution in [3.63, 3.8) is 0 Å². The van der Waals surface area contributed by atoms with E-state index < -0.39 is 10.8 Å². The van der Waals surface area contributed by atoms with Gasteiger partial charge in [-0.25, -0.2) is 0 Å². The topological polar surface area (TPSA) is 59.1 Å². The van der Waals surface area contributed by atoms with Crippen LogP contribution in [-0.4, -0.2) is 56.7 Å². The lowest BCUT2D eigenvalue weighted by molar-refractivity contribution is -0.153. The third kappa shape index (κ3) is 9.07. The smallest absolute Gasteiger partial charge is 0.316 e. The highest BCUT2D eigenvalue weighted by Gasteiger charge is 2.28. The van der Waals surface area contributed by atoms with E-state index in [1.54, 1.807) is 0 Å². The second-order valence-electron chi connectivity index (χ2n) is 13.7. The first-order valence-electron chi connectivity index (χ1n) is 16.2. The Morgan fingerprint density at radius 3 is 1.87 bits per heavy atom. The summed E-state index contributed by atoms with van der Waals surface area (Å²) in [6.07, 6.45) is 2.11. The van der Waals surface area contributed by atoms with Crippen LogP contribution in [0.25, 0.3) is 11.1 Å². The molecule has 0 aliphatic carbocycles. The third-order valence-corrected chi connectivity index (χ3v) is 8.66. The zero-order valence-electron chi connectivity index (χ0n) is 28.2. The molecule has 0 bridgehead atoms. The molecule has 0 spiro atoms. The van der Waals surface area contributed by atoms with Crippen molar-refractivity contribution >= 4 is 28.8 Å². The molecule has 1 heterocycles. The van der Waals surface area contributed by atoms with Gasteiger partial charge in [0.2, 0.25) is 0 Å². The Morgan fingerprint density at radius 1 is 0.733 bits per heavy atom. The molecule has 0 radical (unpaired) electrons. The van der Waals surface area contributed by atoms with Crippen molar-refractivity contribution in [1.82, 2.24) is 4.90 Å². The normalized spacial score (nSPS) is 15.0. The van der Waals surface area contributed by atoms with Gasteiger partial charge < -0.3 is 19.3 Å². The zero-order chi connectivity index (χ0) is 32.6. The van der Waals surface area contributed by atoms with E-state index in [-0.39, 0.29) is 11.9 Å². The number of hydrogen-bond acceptors (Lipinski definition) is 6. The second-order valence-corrected chi connectivity index (χ2v) is 13.7. The Kier molecular flexibility index (Phi) is 11.3. The van der Waals surface area contributed by atoms with Gasteiger partial charge in [0.25, 0.3) is 0 Å². The molecule has 0 unspecified atom stereocenters. The molecule has 1 aliphatic rings. The highest BCUT2D eigenvalue weighted by Crippen LogP contribution is 2.37. The molecule has 240 valence electrons. The van der Waals surface area contributed by atoms with E-state index in [0.717, 1.165) is 54.9 Å². The molecule has 4 rings (SSSR count). The molecule has 0 N–H and O–H groups in total. The Bertz CT molecular complexity index is 1440. The number of nitrogens with zero attached hydrogens (tertiary/aromatic N) is 2. The van der Waals surface area contributed by atoms with Crippen molar-refractivity contribution in [3.8, 4) is 5.75 Å². The number of carbonyl (C=O) groups excluding carboxylic acids is 2. The lowest BCUT2D eigenvalue weighted by Crippen LogP contribution is -2.44. The van der Waals surface area contributed by atoms with Gasteiger partial charge in [0.15, 0.2) is 0 Å². The maximum Gasteiger partial charge on any atom is 0.316 e. The maximum absolute atomic E-state index is 12.8. The fraction of sp³-hybridized carbons (Fsp3) is 0.436. The maximum atomic E-state index is 12.8. The molecule has 0 aromatic heterocycles. The van der Waals surface area contributed by atoms with Crippen LogP contribution in [0.1, 0.15) is 77.5 Å². The standard InChI is InChI=1S/C39H50N2O4/c1-8-39(5,6)37(43)45-33-22-18-31(19-23-33)35(30-16-20-32(21-17-30)41-26-24-40(7)25-27-41)34(29-13-10-9-11-14-29)15-12-28-44-36(42)38(2,3)4/h9-11,13-14,16-23H,8,12,15,24-28H2,1-7H3/b35-34+. The van der Waals surface area contributed by atoms with E-state index in [1.807, 2.05) is 71.9 Å². The number of esters is 2. The number of piperazine rings is 1. The number of benzene rings is 3. The van der Waals surface area contributed by atoms with Gasteiger partial charge in [-0.1, -0.05) is 61.5 Å². The molecule has 3 aromatic rings. The summed E-state index contributed by atoms with van der Waals surface area (Å²) in [4.78, 5) is 30.0. The first-order chi connectivity index (χ1) is 21.4. The lowest BCUT2D eigenvalue weighted by atomic mass is 9.87. The number of rotatable bonds is 11. The van der Waals surface area contributed by atoms with E-state index in [4.69, 9.17) is 9.47 Å². The van der Waals surface area contributed by atoms with Crippen LogP contribution in [0.2, 0.25) is 0 Å². The van der Waals surface area contributed by atoms with Crippen LogP contribution in [0.15, 0.2) is 78.9 Å². The first kappa shape index (κ1) is 34.0. The van der Waals surface area contributed by atoms with E-state index in [9.17, 15) is 9.59 Å². The predicted octanol–water partition coefficient (Wildman–Crippen LogP) is 8.11. The first-order valence-corrected chi connectivity index (χ1v) is 16.2. The van der Waals surface area contributed by atoms with Gasteiger partial charge in [-0.05, 0) is 113 Å². The molecule has 6 nitrogen and oxygen atoms in total. The summed E-state index contributed by atoms with van der Waals surface area (Å²) in [5.41, 5.74) is 5.68. The monoisotopic (exact) mass is 610 g/mol. The predicted molar refractivity (Wildman–Crippen MR) is 184 cm³/mol. The minimum atomic E-state index is -0.549. The summed E-state index contributed by atoms with van der Waals surface area (Å²) in [5, 5.41) is 0. The summed E-state index contributed by atoms with van der Waals surface area (Å²) in [7, 11) is 2.17. The van der Waals surface area contributed by atoms with Crippen molar-refractivity contribution in [2.24, 2.45) is 10.8 Å². The average Bonchev–Trinajstić information content (AvgIpc) is 3.03. The molecular weight excluding hydrogens is 560 g/mol. The largest absolute Gasteiger partial charge is 0.465 e. The van der Waals surface area contributed by atoms with Gasteiger partial charge in [-0.15, -0.1) is 0 Å². The summed E-state index contributed by atoms with van der Waals surface area (Å²) in [6.45, 7) is 15.9. The summed E-state index contributed by atoms with van der Waals surface area (Å²) in [6, 6.07) is 27.1. The zero-order valence-corrected chi connectivity index (χ0v) is 28.2. The molecular formula is C39H50N2O4. The summed E-state index contributed by atoms with van der Waals surface area (Å²) < 4.78 is 11.4. The Balaban J connectivity index is 1.72. The molecule has 1 fully saturated rings. The van der Waals surface area contributed by atoms with Gasteiger partial charge in [0.05, 0.1) is 17.4 Å². The fourth-order valence-electron chi connectivity index (χ4n) is 5.18. The average molecular weight is 611 g/mol. The molecule has 45 heavy (non-hydrogen) atoms. The van der Waals surface area contributed by atoms with Crippen LogP contribution in [0.4, 0.5) is 5.69 Å². The van der Waals surface area contributed by atoms with Crippen molar-refractivity contribution < 1.29 is 19.1 Å². The number of likely N-dealkylation sites (N-methyl/N-ethyl adjacent to an activating group) is 1. The van der Waals surface area contributed by atoms with Crippen LogP contribution in [-0.2, 0) is 14.3 Å². The lowest BCUT2D eigenvalue weighted by Gasteiger charge is -2.34. The van der Waals surface area contributed by atoms with Crippen molar-refractivity contribution in [3.05, 3.63) is 95.6 Å². The van der Waals surface area contributed by atoms with E-state index in [0.29, 0.717) is 25.2 Å². The van der Waals surface area contributed by atoms with Gasteiger partial charge >= 0.3 is 11.9 Å². The minimum Gasteiger partial charge on any atom is -0.465 e. The quantitative estimate of drug-likeness (QED) is 0.0946. The molecule has 0 saturated carbocycles. The molecule has 3 aromatic carbocycles. The van der Waals surface area contributed by atoms with Gasteiger partial charge in [-0.2, -0.15) is 0 Å². The van der Waals surface area contributed by atoms with Crippen molar-refractivity contribution in [1.29, 1.82) is 0 Å². The molecule has 0 amide bonds. The van der Waals surface area contributed by atoms with Crippen LogP contribution in [0.5, 0.6) is 5.75 Å². The van der Waals surface area contributed by atoms with Gasteiger partial charge in [0, 0.05) is 31.9 Å². The summed E-state index contributed by atoms with van der Waals surface area (Å²) in [5.74, 6) is 0.108. The number of hydrogen-bond donors (Lipinski definition) is 0. The number of carbonyl (C=O) groups is 2. The van der Waals surface area contributed by atoms with Crippen molar-refractivity contribution in [2.75, 3.05) is 44.7 Å². The van der Waals surface area contributed by atoms with Gasteiger partial charge in [-0.3, -0.25) is 9.59 Å². The van der Waals surface area contributed by atoms with E-state index in [1.165, 1.54) is 11.3 Å². The SMILES string of the molecule is CCC(C)(C)C(=O)Oc1ccc(/C(=C(\CCCOC(=O)C(C)(C)C)c2ccccc2)c2ccc(N3CCN(C)CC3)cc2)cc1.